The quantitative estimate of drug-likeness (QED) is 0.228. The predicted octanol–water partition coefficient (Wildman–Crippen LogP) is 5.83. The summed E-state index contributed by atoms with van der Waals surface area (Å²) in [7, 11) is 0. The van der Waals surface area contributed by atoms with Crippen molar-refractivity contribution in [3.8, 4) is 17.2 Å². The molecule has 1 heterocycles. The topological polar surface area (TPSA) is 96.3 Å². The molecule has 38 heavy (non-hydrogen) atoms. The van der Waals surface area contributed by atoms with Crippen LogP contribution in [0.2, 0.25) is 0 Å². The van der Waals surface area contributed by atoms with Crippen LogP contribution in [0.3, 0.4) is 0 Å². The number of aromatic hydroxyl groups is 1. The summed E-state index contributed by atoms with van der Waals surface area (Å²) in [5, 5.41) is 21.5. The molecule has 1 saturated heterocycles. The second kappa shape index (κ2) is 10.5. The highest BCUT2D eigenvalue weighted by atomic mass is 19.4. The van der Waals surface area contributed by atoms with E-state index in [1.54, 1.807) is 19.9 Å². The maximum absolute atomic E-state index is 13.5. The lowest BCUT2D eigenvalue weighted by molar-refractivity contribution is -0.137. The van der Waals surface area contributed by atoms with Gasteiger partial charge in [0.15, 0.2) is 0 Å². The second-order valence-corrected chi connectivity index (χ2v) is 8.34. The van der Waals surface area contributed by atoms with E-state index in [9.17, 15) is 33.0 Å². The standard InChI is InChI=1S/C28H24F3NO6/c1-3-37-20-11-12-21(22(15-20)38-4-2)25(34)23-24(16-7-5-10-19(33)13-16)32(27(36)26(23)35)18-9-6-8-17(14-18)28(29,30)31/h5-15,24,33-34H,3-4H2,1-2H3/b25-23-. The number of anilines is 1. The van der Waals surface area contributed by atoms with Gasteiger partial charge in [-0.15, -0.1) is 0 Å². The summed E-state index contributed by atoms with van der Waals surface area (Å²) in [5.41, 5.74) is -1.31. The first-order valence-corrected chi connectivity index (χ1v) is 11.7. The molecule has 0 aromatic heterocycles. The third kappa shape index (κ3) is 5.02. The Labute approximate surface area is 216 Å². The van der Waals surface area contributed by atoms with Crippen molar-refractivity contribution in [1.29, 1.82) is 0 Å². The van der Waals surface area contributed by atoms with Gasteiger partial charge in [0.1, 0.15) is 23.0 Å². The van der Waals surface area contributed by atoms with Crippen molar-refractivity contribution >= 4 is 23.1 Å². The van der Waals surface area contributed by atoms with Crippen LogP contribution < -0.4 is 14.4 Å². The fraction of sp³-hybridized carbons (Fsp3) is 0.214. The number of alkyl halides is 3. The Morgan fingerprint density at radius 3 is 2.32 bits per heavy atom. The van der Waals surface area contributed by atoms with Crippen LogP contribution in [0.15, 0.2) is 72.3 Å². The highest BCUT2D eigenvalue weighted by molar-refractivity contribution is 6.51. The number of amides is 1. The number of phenols is 1. The van der Waals surface area contributed by atoms with Gasteiger partial charge in [-0.25, -0.2) is 0 Å². The lowest BCUT2D eigenvalue weighted by Gasteiger charge is -2.26. The van der Waals surface area contributed by atoms with E-state index in [2.05, 4.69) is 0 Å². The number of halogens is 3. The van der Waals surface area contributed by atoms with Crippen LogP contribution in [0.4, 0.5) is 18.9 Å². The minimum absolute atomic E-state index is 0.0856. The van der Waals surface area contributed by atoms with Gasteiger partial charge in [0, 0.05) is 11.8 Å². The molecule has 7 nitrogen and oxygen atoms in total. The molecular formula is C28H24F3NO6. The molecule has 0 radical (unpaired) electrons. The van der Waals surface area contributed by atoms with Gasteiger partial charge < -0.3 is 19.7 Å². The Hall–Kier alpha value is -4.47. The molecule has 4 rings (SSSR count). The highest BCUT2D eigenvalue weighted by Crippen LogP contribution is 2.45. The zero-order valence-corrected chi connectivity index (χ0v) is 20.5. The summed E-state index contributed by atoms with van der Waals surface area (Å²) in [6.07, 6.45) is -4.70. The number of hydrogen-bond donors (Lipinski definition) is 2. The molecular weight excluding hydrogens is 503 g/mol. The van der Waals surface area contributed by atoms with E-state index in [1.165, 1.54) is 42.5 Å². The Morgan fingerprint density at radius 1 is 0.947 bits per heavy atom. The van der Waals surface area contributed by atoms with Crippen LogP contribution in [0, 0.1) is 0 Å². The van der Waals surface area contributed by atoms with E-state index in [4.69, 9.17) is 9.47 Å². The number of aliphatic hydroxyl groups is 1. The van der Waals surface area contributed by atoms with Crippen LogP contribution in [0.1, 0.15) is 36.6 Å². The molecule has 1 atom stereocenters. The fourth-order valence-corrected chi connectivity index (χ4v) is 4.32. The molecule has 1 amide bonds. The number of benzene rings is 3. The van der Waals surface area contributed by atoms with Gasteiger partial charge >= 0.3 is 6.18 Å². The monoisotopic (exact) mass is 527 g/mol. The first-order valence-electron chi connectivity index (χ1n) is 11.7. The average molecular weight is 527 g/mol. The van der Waals surface area contributed by atoms with E-state index in [1.807, 2.05) is 0 Å². The van der Waals surface area contributed by atoms with E-state index < -0.39 is 35.2 Å². The van der Waals surface area contributed by atoms with Gasteiger partial charge in [0.05, 0.1) is 36.0 Å². The fourth-order valence-electron chi connectivity index (χ4n) is 4.32. The van der Waals surface area contributed by atoms with Crippen LogP contribution in [0.5, 0.6) is 17.2 Å². The molecule has 1 fully saturated rings. The minimum atomic E-state index is -4.70. The third-order valence-electron chi connectivity index (χ3n) is 5.90. The molecule has 0 spiro atoms. The summed E-state index contributed by atoms with van der Waals surface area (Å²) < 4.78 is 51.5. The number of ketones is 1. The maximum atomic E-state index is 13.5. The van der Waals surface area contributed by atoms with E-state index in [0.717, 1.165) is 23.1 Å². The number of hydrogen-bond acceptors (Lipinski definition) is 6. The van der Waals surface area contributed by atoms with Crippen molar-refractivity contribution in [3.63, 3.8) is 0 Å². The number of Topliss-reactive ketones (excluding diaryl/α,β-unsaturated/α-hetero) is 1. The number of aliphatic hydroxyl groups excluding tert-OH is 1. The van der Waals surface area contributed by atoms with E-state index in [0.29, 0.717) is 12.4 Å². The van der Waals surface area contributed by atoms with E-state index >= 15 is 0 Å². The van der Waals surface area contributed by atoms with Gasteiger partial charge in [-0.1, -0.05) is 18.2 Å². The third-order valence-corrected chi connectivity index (χ3v) is 5.90. The van der Waals surface area contributed by atoms with Crippen molar-refractivity contribution in [2.45, 2.75) is 26.1 Å². The van der Waals surface area contributed by atoms with Crippen LogP contribution in [-0.2, 0) is 15.8 Å². The Bertz CT molecular complexity index is 1420. The number of nitrogens with zero attached hydrogens (tertiary/aromatic N) is 1. The summed E-state index contributed by atoms with van der Waals surface area (Å²) in [5.74, 6) is -2.41. The van der Waals surface area contributed by atoms with Crippen molar-refractivity contribution in [2.24, 2.45) is 0 Å². The van der Waals surface area contributed by atoms with Crippen molar-refractivity contribution in [1.82, 2.24) is 0 Å². The summed E-state index contributed by atoms with van der Waals surface area (Å²) in [6.45, 7) is 4.09. The first kappa shape index (κ1) is 26.6. The van der Waals surface area contributed by atoms with Crippen LogP contribution >= 0.6 is 0 Å². The number of carbonyl (C=O) groups is 2. The Balaban J connectivity index is 1.96. The molecule has 10 heteroatoms. The lowest BCUT2D eigenvalue weighted by atomic mass is 9.94. The molecule has 2 N–H and O–H groups in total. The van der Waals surface area contributed by atoms with Crippen LogP contribution in [-0.4, -0.2) is 35.1 Å². The summed E-state index contributed by atoms with van der Waals surface area (Å²) in [4.78, 5) is 27.5. The molecule has 1 aliphatic rings. The van der Waals surface area contributed by atoms with Crippen LogP contribution in [0.25, 0.3) is 5.76 Å². The maximum Gasteiger partial charge on any atom is 0.416 e. The summed E-state index contributed by atoms with van der Waals surface area (Å²) >= 11 is 0. The number of rotatable bonds is 7. The molecule has 1 unspecified atom stereocenters. The predicted molar refractivity (Wildman–Crippen MR) is 133 cm³/mol. The molecule has 0 saturated carbocycles. The van der Waals surface area contributed by atoms with Crippen molar-refractivity contribution < 1.29 is 42.4 Å². The molecule has 0 aliphatic carbocycles. The summed E-state index contributed by atoms with van der Waals surface area (Å²) in [6, 6.07) is 12.8. The smallest absolute Gasteiger partial charge is 0.416 e. The number of carbonyl (C=O) groups excluding carboxylic acids is 2. The SMILES string of the molecule is CCOc1ccc(/C(O)=C2/C(=O)C(=O)N(c3cccc(C(F)(F)F)c3)C2c2cccc(O)c2)c(OCC)c1. The molecule has 0 bridgehead atoms. The van der Waals surface area contributed by atoms with Crippen molar-refractivity contribution in [3.05, 3.63) is 89.0 Å². The number of phenolic OH excluding ortho intramolecular Hbond substituents is 1. The molecule has 198 valence electrons. The zero-order chi connectivity index (χ0) is 27.6. The van der Waals surface area contributed by atoms with Gasteiger partial charge in [-0.05, 0) is 61.9 Å². The normalized spacial score (nSPS) is 17.1. The van der Waals surface area contributed by atoms with Gasteiger partial charge in [0.25, 0.3) is 11.7 Å². The largest absolute Gasteiger partial charge is 0.508 e. The van der Waals surface area contributed by atoms with Crippen molar-refractivity contribution in [2.75, 3.05) is 18.1 Å². The average Bonchev–Trinajstić information content (AvgIpc) is 3.14. The van der Waals surface area contributed by atoms with Gasteiger partial charge in [0.2, 0.25) is 0 Å². The van der Waals surface area contributed by atoms with Gasteiger partial charge in [-0.3, -0.25) is 14.5 Å². The Morgan fingerprint density at radius 2 is 1.66 bits per heavy atom. The molecule has 3 aromatic carbocycles. The molecule has 1 aliphatic heterocycles. The molecule has 3 aromatic rings. The van der Waals surface area contributed by atoms with Gasteiger partial charge in [-0.2, -0.15) is 13.2 Å². The zero-order valence-electron chi connectivity index (χ0n) is 20.5. The minimum Gasteiger partial charge on any atom is -0.508 e. The first-order chi connectivity index (χ1) is 18.1. The van der Waals surface area contributed by atoms with E-state index in [-0.39, 0.29) is 40.5 Å². The lowest BCUT2D eigenvalue weighted by Crippen LogP contribution is -2.29. The second-order valence-electron chi connectivity index (χ2n) is 8.34. The highest BCUT2D eigenvalue weighted by Gasteiger charge is 2.47. The number of ether oxygens (including phenoxy) is 2. The Kier molecular flexibility index (Phi) is 7.34.